The average molecular weight is 349 g/mol. The summed E-state index contributed by atoms with van der Waals surface area (Å²) >= 11 is 0. The second-order valence-electron chi connectivity index (χ2n) is 7.82. The van der Waals surface area contributed by atoms with Gasteiger partial charge in [0, 0.05) is 0 Å². The molecule has 0 amide bonds. The van der Waals surface area contributed by atoms with Crippen molar-refractivity contribution in [2.24, 2.45) is 0 Å². The SMILES string of the molecule is C[Si](C)(C)C#Cc1cccc(-c2cccc(C#C[Si](C)(C)C)n2)n1. The largest absolute Gasteiger partial charge is 0.238 e. The summed E-state index contributed by atoms with van der Waals surface area (Å²) in [6.45, 7) is 13.4. The molecule has 0 aliphatic carbocycles. The van der Waals surface area contributed by atoms with E-state index >= 15 is 0 Å². The molecule has 0 saturated carbocycles. The summed E-state index contributed by atoms with van der Waals surface area (Å²) in [7, 11) is -2.81. The Morgan fingerprint density at radius 2 is 1.00 bits per heavy atom. The first-order valence-corrected chi connectivity index (χ1v) is 15.1. The van der Waals surface area contributed by atoms with Gasteiger partial charge in [0.2, 0.25) is 0 Å². The molecule has 0 saturated heterocycles. The van der Waals surface area contributed by atoms with Crippen LogP contribution in [-0.4, -0.2) is 26.1 Å². The van der Waals surface area contributed by atoms with Gasteiger partial charge in [0.15, 0.2) is 0 Å². The maximum absolute atomic E-state index is 4.64. The van der Waals surface area contributed by atoms with Crippen molar-refractivity contribution >= 4 is 16.1 Å². The minimum Gasteiger partial charge on any atom is -0.238 e. The van der Waals surface area contributed by atoms with Crippen LogP contribution in [-0.2, 0) is 0 Å². The second-order valence-corrected chi connectivity index (χ2v) is 17.3. The second kappa shape index (κ2) is 7.17. The summed E-state index contributed by atoms with van der Waals surface area (Å²) in [4.78, 5) is 9.29. The molecule has 2 rings (SSSR count). The number of hydrogen-bond acceptors (Lipinski definition) is 2. The van der Waals surface area contributed by atoms with Crippen LogP contribution in [0.25, 0.3) is 11.4 Å². The third kappa shape index (κ3) is 6.16. The quantitative estimate of drug-likeness (QED) is 0.556. The van der Waals surface area contributed by atoms with E-state index in [1.807, 2.05) is 36.4 Å². The number of rotatable bonds is 1. The van der Waals surface area contributed by atoms with Crippen LogP contribution in [0.15, 0.2) is 36.4 Å². The molecule has 0 atom stereocenters. The minimum absolute atomic E-state index is 0.801. The zero-order valence-electron chi connectivity index (χ0n) is 15.4. The molecule has 0 aliphatic rings. The van der Waals surface area contributed by atoms with Crippen molar-refractivity contribution in [3.05, 3.63) is 47.8 Å². The first kappa shape index (κ1) is 18.2. The number of nitrogens with zero attached hydrogens (tertiary/aromatic N) is 2. The van der Waals surface area contributed by atoms with E-state index < -0.39 is 16.1 Å². The van der Waals surface area contributed by atoms with E-state index in [0.29, 0.717) is 0 Å². The molecule has 0 N–H and O–H groups in total. The fraction of sp³-hybridized carbons (Fsp3) is 0.300. The van der Waals surface area contributed by atoms with Gasteiger partial charge in [0.1, 0.15) is 27.5 Å². The van der Waals surface area contributed by atoms with Crippen LogP contribution in [0.3, 0.4) is 0 Å². The normalized spacial score (nSPS) is 11.1. The van der Waals surface area contributed by atoms with Gasteiger partial charge < -0.3 is 0 Å². The van der Waals surface area contributed by atoms with Crippen molar-refractivity contribution in [1.29, 1.82) is 0 Å². The lowest BCUT2D eigenvalue weighted by Gasteiger charge is -2.05. The van der Waals surface area contributed by atoms with Gasteiger partial charge in [-0.1, -0.05) is 63.3 Å². The van der Waals surface area contributed by atoms with Gasteiger partial charge in [-0.25, -0.2) is 9.97 Å². The van der Waals surface area contributed by atoms with Crippen molar-refractivity contribution in [2.45, 2.75) is 39.3 Å². The standard InChI is InChI=1S/C20H24N2Si2/c1-23(2,3)15-13-17-9-7-11-19(21-17)20-12-8-10-18(22-20)14-16-24(4,5)6/h7-12H,1-6H3. The van der Waals surface area contributed by atoms with E-state index in [4.69, 9.17) is 0 Å². The van der Waals surface area contributed by atoms with Crippen LogP contribution in [0.2, 0.25) is 39.3 Å². The fourth-order valence-electron chi connectivity index (χ4n) is 1.80. The van der Waals surface area contributed by atoms with Crippen molar-refractivity contribution in [3.8, 4) is 34.3 Å². The van der Waals surface area contributed by atoms with Gasteiger partial charge in [-0.3, -0.25) is 0 Å². The van der Waals surface area contributed by atoms with Crippen LogP contribution in [0, 0.1) is 22.9 Å². The molecule has 0 aliphatic heterocycles. The molecular formula is C20H24N2Si2. The molecule has 2 aromatic rings. The predicted molar refractivity (Wildman–Crippen MR) is 108 cm³/mol. The summed E-state index contributed by atoms with van der Waals surface area (Å²) < 4.78 is 0. The third-order valence-electron chi connectivity index (χ3n) is 2.89. The van der Waals surface area contributed by atoms with Crippen molar-refractivity contribution in [1.82, 2.24) is 9.97 Å². The minimum atomic E-state index is -1.41. The zero-order valence-corrected chi connectivity index (χ0v) is 17.4. The monoisotopic (exact) mass is 348 g/mol. The van der Waals surface area contributed by atoms with E-state index in [9.17, 15) is 0 Å². The van der Waals surface area contributed by atoms with Crippen LogP contribution >= 0.6 is 0 Å². The van der Waals surface area contributed by atoms with Gasteiger partial charge in [-0.05, 0) is 24.3 Å². The molecule has 24 heavy (non-hydrogen) atoms. The summed E-state index contributed by atoms with van der Waals surface area (Å²) in [6.07, 6.45) is 0. The summed E-state index contributed by atoms with van der Waals surface area (Å²) in [6, 6.07) is 11.8. The molecule has 0 fully saturated rings. The lowest BCUT2D eigenvalue weighted by atomic mass is 10.2. The molecule has 122 valence electrons. The van der Waals surface area contributed by atoms with Crippen molar-refractivity contribution in [2.75, 3.05) is 0 Å². The zero-order chi connectivity index (χ0) is 17.8. The smallest absolute Gasteiger partial charge is 0.129 e. The summed E-state index contributed by atoms with van der Waals surface area (Å²) in [5.41, 5.74) is 9.99. The van der Waals surface area contributed by atoms with Gasteiger partial charge in [-0.15, -0.1) is 11.1 Å². The first-order valence-electron chi connectivity index (χ1n) is 8.13. The van der Waals surface area contributed by atoms with Crippen LogP contribution in [0.1, 0.15) is 11.4 Å². The Hall–Kier alpha value is -2.15. The molecule has 0 bridgehead atoms. The molecule has 0 spiro atoms. The van der Waals surface area contributed by atoms with E-state index in [1.54, 1.807) is 0 Å². The van der Waals surface area contributed by atoms with Crippen LogP contribution in [0.4, 0.5) is 0 Å². The van der Waals surface area contributed by atoms with Gasteiger partial charge in [-0.2, -0.15) is 0 Å². The van der Waals surface area contributed by atoms with Gasteiger partial charge in [0.25, 0.3) is 0 Å². The fourth-order valence-corrected chi connectivity index (χ4v) is 2.80. The van der Waals surface area contributed by atoms with Gasteiger partial charge >= 0.3 is 0 Å². The van der Waals surface area contributed by atoms with Crippen LogP contribution < -0.4 is 0 Å². The Morgan fingerprint density at radius 3 is 1.33 bits per heavy atom. The maximum atomic E-state index is 4.64. The van der Waals surface area contributed by atoms with E-state index in [0.717, 1.165) is 22.8 Å². The van der Waals surface area contributed by atoms with Gasteiger partial charge in [0.05, 0.1) is 11.4 Å². The lowest BCUT2D eigenvalue weighted by Crippen LogP contribution is -2.16. The number of hydrogen-bond donors (Lipinski definition) is 0. The highest BCUT2D eigenvalue weighted by Gasteiger charge is 2.09. The topological polar surface area (TPSA) is 25.8 Å². The Balaban J connectivity index is 2.35. The molecule has 4 heteroatoms. The molecule has 0 aromatic carbocycles. The molecule has 0 radical (unpaired) electrons. The number of aromatic nitrogens is 2. The Kier molecular flexibility index (Phi) is 5.44. The molecule has 2 heterocycles. The first-order chi connectivity index (χ1) is 11.1. The van der Waals surface area contributed by atoms with E-state index in [-0.39, 0.29) is 0 Å². The highest BCUT2D eigenvalue weighted by Crippen LogP contribution is 2.15. The average Bonchev–Trinajstić information content (AvgIpc) is 2.50. The Labute approximate surface area is 147 Å². The van der Waals surface area contributed by atoms with Crippen molar-refractivity contribution in [3.63, 3.8) is 0 Å². The molecule has 2 nitrogen and oxygen atoms in total. The highest BCUT2D eigenvalue weighted by molar-refractivity contribution is 6.84. The molecule has 0 unspecified atom stereocenters. The lowest BCUT2D eigenvalue weighted by molar-refractivity contribution is 1.21. The molecular weight excluding hydrogens is 324 g/mol. The Morgan fingerprint density at radius 1 is 0.625 bits per heavy atom. The molecule has 2 aromatic heterocycles. The highest BCUT2D eigenvalue weighted by atomic mass is 28.3. The maximum Gasteiger partial charge on any atom is 0.129 e. The van der Waals surface area contributed by atoms with E-state index in [2.05, 4.69) is 72.2 Å². The third-order valence-corrected chi connectivity index (χ3v) is 4.64. The van der Waals surface area contributed by atoms with Crippen LogP contribution in [0.5, 0.6) is 0 Å². The van der Waals surface area contributed by atoms with Crippen molar-refractivity contribution < 1.29 is 0 Å². The number of pyridine rings is 2. The van der Waals surface area contributed by atoms with E-state index in [1.165, 1.54) is 0 Å². The predicted octanol–water partition coefficient (Wildman–Crippen LogP) is 4.60. The summed E-state index contributed by atoms with van der Waals surface area (Å²) in [5.74, 6) is 6.41. The summed E-state index contributed by atoms with van der Waals surface area (Å²) in [5, 5.41) is 0. The Bertz CT molecular complexity index is 778.